The number of aromatic nitrogens is 3. The quantitative estimate of drug-likeness (QED) is 0.427. The summed E-state index contributed by atoms with van der Waals surface area (Å²) in [5.74, 6) is 2.50. The number of para-hydroxylation sites is 1. The molecule has 2 aromatic carbocycles. The lowest BCUT2D eigenvalue weighted by atomic mass is 10.2. The zero-order chi connectivity index (χ0) is 20.1. The van der Waals surface area contributed by atoms with Crippen LogP contribution in [-0.4, -0.2) is 39.6 Å². The molecule has 0 atom stereocenters. The molecule has 0 bridgehead atoms. The second kappa shape index (κ2) is 9.13. The molecule has 1 aliphatic carbocycles. The standard InChI is InChI=1S/C22H24N4O2S/c1-28-19-10-5-7-16(15-19)21-24-25-22(26(21)18-8-3-2-4-9-18)29-14-6-11-20(27)23-17-12-13-17/h2-5,7-10,15,17H,6,11-14H2,1H3,(H,23,27). The van der Waals surface area contributed by atoms with E-state index >= 15 is 0 Å². The normalized spacial score (nSPS) is 13.3. The Balaban J connectivity index is 1.52. The molecule has 0 saturated heterocycles. The summed E-state index contributed by atoms with van der Waals surface area (Å²) in [5.41, 5.74) is 1.95. The lowest BCUT2D eigenvalue weighted by Crippen LogP contribution is -2.25. The van der Waals surface area contributed by atoms with Crippen molar-refractivity contribution in [1.29, 1.82) is 0 Å². The average Bonchev–Trinajstić information content (AvgIpc) is 3.47. The van der Waals surface area contributed by atoms with Gasteiger partial charge in [-0.05, 0) is 43.5 Å². The molecule has 150 valence electrons. The van der Waals surface area contributed by atoms with Gasteiger partial charge in [-0.25, -0.2) is 0 Å². The van der Waals surface area contributed by atoms with Gasteiger partial charge < -0.3 is 10.1 Å². The van der Waals surface area contributed by atoms with Crippen LogP contribution in [0.3, 0.4) is 0 Å². The van der Waals surface area contributed by atoms with E-state index < -0.39 is 0 Å². The number of carbonyl (C=O) groups excluding carboxylic acids is 1. The van der Waals surface area contributed by atoms with Crippen molar-refractivity contribution in [1.82, 2.24) is 20.1 Å². The molecule has 0 aliphatic heterocycles. The van der Waals surface area contributed by atoms with Crippen molar-refractivity contribution in [2.24, 2.45) is 0 Å². The molecule has 0 radical (unpaired) electrons. The number of benzene rings is 2. The molecular formula is C22H24N4O2S. The van der Waals surface area contributed by atoms with E-state index in [1.54, 1.807) is 18.9 Å². The zero-order valence-corrected chi connectivity index (χ0v) is 17.2. The number of thioether (sulfide) groups is 1. The Morgan fingerprint density at radius 1 is 1.17 bits per heavy atom. The molecule has 1 fully saturated rings. The van der Waals surface area contributed by atoms with E-state index in [9.17, 15) is 4.79 Å². The number of carbonyl (C=O) groups is 1. The van der Waals surface area contributed by atoms with Crippen molar-refractivity contribution in [3.05, 3.63) is 54.6 Å². The minimum Gasteiger partial charge on any atom is -0.497 e. The summed E-state index contributed by atoms with van der Waals surface area (Å²) >= 11 is 1.62. The van der Waals surface area contributed by atoms with E-state index in [0.717, 1.165) is 53.0 Å². The first kappa shape index (κ1) is 19.5. The number of ether oxygens (including phenoxy) is 1. The van der Waals surface area contributed by atoms with Gasteiger partial charge in [-0.1, -0.05) is 42.1 Å². The smallest absolute Gasteiger partial charge is 0.220 e. The van der Waals surface area contributed by atoms with Crippen molar-refractivity contribution < 1.29 is 9.53 Å². The molecule has 7 heteroatoms. The monoisotopic (exact) mass is 408 g/mol. The lowest BCUT2D eigenvalue weighted by molar-refractivity contribution is -0.121. The first-order valence-electron chi connectivity index (χ1n) is 9.82. The zero-order valence-electron chi connectivity index (χ0n) is 16.4. The van der Waals surface area contributed by atoms with Gasteiger partial charge in [-0.2, -0.15) is 0 Å². The Morgan fingerprint density at radius 3 is 2.76 bits per heavy atom. The van der Waals surface area contributed by atoms with Gasteiger partial charge in [0.15, 0.2) is 11.0 Å². The van der Waals surface area contributed by atoms with Crippen molar-refractivity contribution in [2.75, 3.05) is 12.9 Å². The Labute approximate surface area is 174 Å². The Morgan fingerprint density at radius 2 is 2.00 bits per heavy atom. The molecule has 3 aromatic rings. The highest BCUT2D eigenvalue weighted by Gasteiger charge is 2.23. The van der Waals surface area contributed by atoms with E-state index in [1.807, 2.05) is 54.6 Å². The molecule has 1 aromatic heterocycles. The Bertz CT molecular complexity index is 970. The molecule has 29 heavy (non-hydrogen) atoms. The predicted molar refractivity (Wildman–Crippen MR) is 114 cm³/mol. The molecule has 1 heterocycles. The van der Waals surface area contributed by atoms with Crippen LogP contribution in [0.25, 0.3) is 17.1 Å². The van der Waals surface area contributed by atoms with Crippen LogP contribution in [0.15, 0.2) is 59.8 Å². The molecule has 1 N–H and O–H groups in total. The number of nitrogens with one attached hydrogen (secondary N) is 1. The van der Waals surface area contributed by atoms with Crippen LogP contribution in [0.5, 0.6) is 5.75 Å². The number of hydrogen-bond acceptors (Lipinski definition) is 5. The Kier molecular flexibility index (Phi) is 6.14. The highest BCUT2D eigenvalue weighted by atomic mass is 32.2. The van der Waals surface area contributed by atoms with Crippen LogP contribution in [0.1, 0.15) is 25.7 Å². The molecule has 1 amide bonds. The maximum atomic E-state index is 11.9. The fourth-order valence-corrected chi connectivity index (χ4v) is 3.94. The third-order valence-corrected chi connectivity index (χ3v) is 5.71. The van der Waals surface area contributed by atoms with Gasteiger partial charge in [0.05, 0.1) is 7.11 Å². The lowest BCUT2D eigenvalue weighted by Gasteiger charge is -2.11. The van der Waals surface area contributed by atoms with Gasteiger partial charge in [-0.3, -0.25) is 9.36 Å². The maximum Gasteiger partial charge on any atom is 0.220 e. The summed E-state index contributed by atoms with van der Waals surface area (Å²) in [4.78, 5) is 11.9. The largest absolute Gasteiger partial charge is 0.497 e. The fraction of sp³-hybridized carbons (Fsp3) is 0.318. The van der Waals surface area contributed by atoms with Gasteiger partial charge in [0.25, 0.3) is 0 Å². The third-order valence-electron chi connectivity index (χ3n) is 4.70. The van der Waals surface area contributed by atoms with Crippen molar-refractivity contribution >= 4 is 17.7 Å². The van der Waals surface area contributed by atoms with Gasteiger partial charge in [0.2, 0.25) is 5.91 Å². The van der Waals surface area contributed by atoms with Crippen LogP contribution in [0, 0.1) is 0 Å². The minimum absolute atomic E-state index is 0.148. The molecule has 4 rings (SSSR count). The van der Waals surface area contributed by atoms with Crippen LogP contribution in [0.2, 0.25) is 0 Å². The second-order valence-corrected chi connectivity index (χ2v) is 8.06. The van der Waals surface area contributed by atoms with Crippen LogP contribution < -0.4 is 10.1 Å². The number of nitrogens with zero attached hydrogens (tertiary/aromatic N) is 3. The highest BCUT2D eigenvalue weighted by Crippen LogP contribution is 2.30. The SMILES string of the molecule is COc1cccc(-c2nnc(SCCCC(=O)NC3CC3)n2-c2ccccc2)c1. The first-order chi connectivity index (χ1) is 14.2. The first-order valence-corrected chi connectivity index (χ1v) is 10.8. The van der Waals surface area contributed by atoms with E-state index in [2.05, 4.69) is 20.1 Å². The van der Waals surface area contributed by atoms with Gasteiger partial charge in [0.1, 0.15) is 5.75 Å². The van der Waals surface area contributed by atoms with Crippen LogP contribution in [0.4, 0.5) is 0 Å². The molecular weight excluding hydrogens is 384 g/mol. The molecule has 6 nitrogen and oxygen atoms in total. The van der Waals surface area contributed by atoms with Gasteiger partial charge >= 0.3 is 0 Å². The van der Waals surface area contributed by atoms with E-state index in [0.29, 0.717) is 12.5 Å². The fourth-order valence-electron chi connectivity index (χ4n) is 3.05. The van der Waals surface area contributed by atoms with Gasteiger partial charge in [0, 0.05) is 29.5 Å². The van der Waals surface area contributed by atoms with E-state index in [1.165, 1.54) is 0 Å². The highest BCUT2D eigenvalue weighted by molar-refractivity contribution is 7.99. The summed E-state index contributed by atoms with van der Waals surface area (Å²) in [5, 5.41) is 12.7. The number of rotatable bonds is 9. The summed E-state index contributed by atoms with van der Waals surface area (Å²) in [6, 6.07) is 18.3. The number of amides is 1. The average molecular weight is 409 g/mol. The van der Waals surface area contributed by atoms with Crippen LogP contribution >= 0.6 is 11.8 Å². The molecule has 1 saturated carbocycles. The number of methoxy groups -OCH3 is 1. The second-order valence-electron chi connectivity index (χ2n) is 7.00. The molecule has 0 unspecified atom stereocenters. The van der Waals surface area contributed by atoms with Crippen molar-refractivity contribution in [3.8, 4) is 22.8 Å². The third kappa shape index (κ3) is 4.98. The van der Waals surface area contributed by atoms with Crippen molar-refractivity contribution in [2.45, 2.75) is 36.9 Å². The van der Waals surface area contributed by atoms with E-state index in [-0.39, 0.29) is 5.91 Å². The summed E-state index contributed by atoms with van der Waals surface area (Å²) < 4.78 is 7.42. The molecule has 0 spiro atoms. The van der Waals surface area contributed by atoms with Crippen LogP contribution in [-0.2, 0) is 4.79 Å². The topological polar surface area (TPSA) is 69.0 Å². The summed E-state index contributed by atoms with van der Waals surface area (Å²) in [6.07, 6.45) is 3.59. The molecule has 1 aliphatic rings. The van der Waals surface area contributed by atoms with Crippen molar-refractivity contribution in [3.63, 3.8) is 0 Å². The summed E-state index contributed by atoms with van der Waals surface area (Å²) in [7, 11) is 1.65. The summed E-state index contributed by atoms with van der Waals surface area (Å²) in [6.45, 7) is 0. The Hall–Kier alpha value is -2.80. The number of hydrogen-bond donors (Lipinski definition) is 1. The van der Waals surface area contributed by atoms with Gasteiger partial charge in [-0.15, -0.1) is 10.2 Å². The van der Waals surface area contributed by atoms with E-state index in [4.69, 9.17) is 4.74 Å². The predicted octanol–water partition coefficient (Wildman–Crippen LogP) is 4.09. The maximum absolute atomic E-state index is 11.9. The minimum atomic E-state index is 0.148.